The van der Waals surface area contributed by atoms with Crippen LogP contribution in [0.2, 0.25) is 0 Å². The van der Waals surface area contributed by atoms with E-state index in [2.05, 4.69) is 15.5 Å². The van der Waals surface area contributed by atoms with Gasteiger partial charge in [-0.05, 0) is 25.0 Å². The molecule has 134 valence electrons. The number of hydrogen-bond donors (Lipinski definition) is 0. The van der Waals surface area contributed by atoms with Crippen LogP contribution in [0.5, 0.6) is 0 Å². The van der Waals surface area contributed by atoms with E-state index in [4.69, 9.17) is 4.52 Å². The molecule has 0 aliphatic carbocycles. The minimum atomic E-state index is -0.658. The monoisotopic (exact) mass is 359 g/mol. The smallest absolute Gasteiger partial charge is 0.276 e. The van der Waals surface area contributed by atoms with Crippen molar-refractivity contribution >= 4 is 5.91 Å². The van der Waals surface area contributed by atoms with E-state index in [0.29, 0.717) is 42.9 Å². The quantitative estimate of drug-likeness (QED) is 0.719. The van der Waals surface area contributed by atoms with Gasteiger partial charge in [0.25, 0.3) is 5.91 Å². The summed E-state index contributed by atoms with van der Waals surface area (Å²) < 4.78 is 33.1. The third-order valence-electron chi connectivity index (χ3n) is 4.45. The second-order valence-electron chi connectivity index (χ2n) is 6.15. The minimum absolute atomic E-state index is 0.0658. The van der Waals surface area contributed by atoms with Crippen molar-refractivity contribution in [2.75, 3.05) is 13.1 Å². The predicted molar refractivity (Wildman–Crippen MR) is 86.1 cm³/mol. The fraction of sp³-hybridized carbons (Fsp3) is 0.294. The number of carbonyl (C=O) groups is 1. The van der Waals surface area contributed by atoms with Gasteiger partial charge in [0.15, 0.2) is 5.69 Å². The second kappa shape index (κ2) is 6.66. The maximum atomic E-state index is 13.4. The molecule has 4 rings (SSSR count). The predicted octanol–water partition coefficient (Wildman–Crippen LogP) is 2.69. The Bertz CT molecular complexity index is 897. The zero-order valence-electron chi connectivity index (χ0n) is 13.7. The number of nitrogens with zero attached hydrogens (tertiary/aromatic N) is 5. The van der Waals surface area contributed by atoms with Gasteiger partial charge in [-0.15, -0.1) is 5.10 Å². The molecule has 2 aromatic heterocycles. The maximum absolute atomic E-state index is 13.4. The molecule has 1 amide bonds. The summed E-state index contributed by atoms with van der Waals surface area (Å²) in [5.41, 5.74) is 1.04. The third-order valence-corrected chi connectivity index (χ3v) is 4.45. The first-order valence-corrected chi connectivity index (χ1v) is 8.18. The first-order chi connectivity index (χ1) is 12.6. The molecule has 0 radical (unpaired) electrons. The zero-order valence-corrected chi connectivity index (χ0v) is 13.7. The summed E-state index contributed by atoms with van der Waals surface area (Å²) in [7, 11) is 0. The average molecular weight is 359 g/mol. The van der Waals surface area contributed by atoms with Gasteiger partial charge in [-0.3, -0.25) is 4.79 Å². The second-order valence-corrected chi connectivity index (χ2v) is 6.15. The average Bonchev–Trinajstić information content (AvgIpc) is 3.32. The van der Waals surface area contributed by atoms with Crippen LogP contribution in [0.25, 0.3) is 11.3 Å². The minimum Gasteiger partial charge on any atom is -0.364 e. The largest absolute Gasteiger partial charge is 0.364 e. The topological polar surface area (TPSA) is 77.0 Å². The first kappa shape index (κ1) is 16.4. The van der Waals surface area contributed by atoms with Gasteiger partial charge in [-0.1, -0.05) is 10.4 Å². The Morgan fingerprint density at radius 3 is 2.54 bits per heavy atom. The van der Waals surface area contributed by atoms with Gasteiger partial charge in [0, 0.05) is 30.8 Å². The van der Waals surface area contributed by atoms with Crippen molar-refractivity contribution < 1.29 is 18.1 Å². The molecule has 0 bridgehead atoms. The van der Waals surface area contributed by atoms with Crippen LogP contribution in [0.1, 0.15) is 29.4 Å². The van der Waals surface area contributed by atoms with E-state index >= 15 is 0 Å². The summed E-state index contributed by atoms with van der Waals surface area (Å²) in [6.07, 6.45) is 4.44. The lowest BCUT2D eigenvalue weighted by molar-refractivity contribution is 0.0679. The molecule has 1 aliphatic heterocycles. The number of piperidine rings is 1. The highest BCUT2D eigenvalue weighted by atomic mass is 19.1. The van der Waals surface area contributed by atoms with Crippen molar-refractivity contribution in [1.29, 1.82) is 0 Å². The molecule has 26 heavy (non-hydrogen) atoms. The number of hydrogen-bond acceptors (Lipinski definition) is 5. The Balaban J connectivity index is 1.44. The number of aromatic nitrogens is 4. The van der Waals surface area contributed by atoms with Crippen LogP contribution in [0, 0.1) is 11.6 Å². The number of carbonyl (C=O) groups excluding carboxylic acids is 1. The third kappa shape index (κ3) is 3.19. The summed E-state index contributed by atoms with van der Waals surface area (Å²) in [5, 5.41) is 11.8. The Morgan fingerprint density at radius 1 is 1.15 bits per heavy atom. The summed E-state index contributed by atoms with van der Waals surface area (Å²) in [6.45, 7) is 1.11. The highest BCUT2D eigenvalue weighted by Crippen LogP contribution is 2.25. The van der Waals surface area contributed by atoms with Crippen LogP contribution in [0.3, 0.4) is 0 Å². The first-order valence-electron chi connectivity index (χ1n) is 8.18. The number of rotatable bonds is 3. The molecule has 0 unspecified atom stereocenters. The SMILES string of the molecule is O=C(c1ccon1)N1CCC(n2cc(-c3cc(F)cc(F)c3)nn2)CC1. The Labute approximate surface area is 147 Å². The zero-order chi connectivity index (χ0) is 18.1. The van der Waals surface area contributed by atoms with Crippen molar-refractivity contribution in [3.8, 4) is 11.3 Å². The Kier molecular flexibility index (Phi) is 4.19. The van der Waals surface area contributed by atoms with Crippen molar-refractivity contribution in [1.82, 2.24) is 25.1 Å². The van der Waals surface area contributed by atoms with E-state index < -0.39 is 11.6 Å². The fourth-order valence-electron chi connectivity index (χ4n) is 3.11. The molecule has 0 atom stereocenters. The van der Waals surface area contributed by atoms with Crippen LogP contribution < -0.4 is 0 Å². The fourth-order valence-corrected chi connectivity index (χ4v) is 3.11. The molecular weight excluding hydrogens is 344 g/mol. The van der Waals surface area contributed by atoms with E-state index in [1.165, 1.54) is 24.5 Å². The number of amides is 1. The number of benzene rings is 1. The van der Waals surface area contributed by atoms with E-state index in [1.807, 2.05) is 0 Å². The van der Waals surface area contributed by atoms with Crippen molar-refractivity contribution in [2.45, 2.75) is 18.9 Å². The molecule has 3 heterocycles. The van der Waals surface area contributed by atoms with Gasteiger partial charge in [0.1, 0.15) is 23.6 Å². The summed E-state index contributed by atoms with van der Waals surface area (Å²) in [6, 6.07) is 4.86. The summed E-state index contributed by atoms with van der Waals surface area (Å²) in [4.78, 5) is 14.0. The van der Waals surface area contributed by atoms with Crippen LogP contribution in [-0.4, -0.2) is 44.0 Å². The molecule has 1 fully saturated rings. The molecule has 1 aliphatic rings. The highest BCUT2D eigenvalue weighted by molar-refractivity contribution is 5.92. The Morgan fingerprint density at radius 2 is 1.88 bits per heavy atom. The number of likely N-dealkylation sites (tertiary alicyclic amines) is 1. The standard InChI is InChI=1S/C17H15F2N5O2/c18-12-7-11(8-13(19)9-12)16-10-24(22-20-16)14-1-4-23(5-2-14)17(25)15-3-6-26-21-15/h3,6-10,14H,1-2,4-5H2. The molecule has 9 heteroatoms. The number of halogens is 2. The van der Waals surface area contributed by atoms with Gasteiger partial charge in [0.2, 0.25) is 0 Å². The van der Waals surface area contributed by atoms with Crippen molar-refractivity contribution in [3.05, 3.63) is 54.1 Å². The van der Waals surface area contributed by atoms with Gasteiger partial charge in [0.05, 0.1) is 12.2 Å². The van der Waals surface area contributed by atoms with Crippen LogP contribution in [0.4, 0.5) is 8.78 Å². The molecule has 0 N–H and O–H groups in total. The summed E-state index contributed by atoms with van der Waals surface area (Å²) in [5.74, 6) is -1.48. The molecule has 1 aromatic carbocycles. The van der Waals surface area contributed by atoms with Crippen molar-refractivity contribution in [2.24, 2.45) is 0 Å². The lowest BCUT2D eigenvalue weighted by atomic mass is 10.0. The van der Waals surface area contributed by atoms with E-state index in [9.17, 15) is 13.6 Å². The van der Waals surface area contributed by atoms with E-state index in [1.54, 1.807) is 15.8 Å². The van der Waals surface area contributed by atoms with Crippen LogP contribution >= 0.6 is 0 Å². The Hall–Kier alpha value is -3.10. The van der Waals surface area contributed by atoms with E-state index in [0.717, 1.165) is 6.07 Å². The van der Waals surface area contributed by atoms with Gasteiger partial charge in [-0.2, -0.15) is 0 Å². The summed E-state index contributed by atoms with van der Waals surface area (Å²) >= 11 is 0. The molecule has 7 nitrogen and oxygen atoms in total. The molecule has 3 aromatic rings. The van der Waals surface area contributed by atoms with E-state index in [-0.39, 0.29) is 11.9 Å². The van der Waals surface area contributed by atoms with Gasteiger partial charge < -0.3 is 9.42 Å². The normalized spacial score (nSPS) is 15.4. The molecule has 1 saturated heterocycles. The molecule has 0 saturated carbocycles. The van der Waals surface area contributed by atoms with Gasteiger partial charge in [-0.25, -0.2) is 13.5 Å². The van der Waals surface area contributed by atoms with Crippen LogP contribution in [-0.2, 0) is 0 Å². The maximum Gasteiger partial charge on any atom is 0.276 e. The molecule has 0 spiro atoms. The lowest BCUT2D eigenvalue weighted by Crippen LogP contribution is -2.39. The van der Waals surface area contributed by atoms with Crippen molar-refractivity contribution in [3.63, 3.8) is 0 Å². The van der Waals surface area contributed by atoms with Gasteiger partial charge >= 0.3 is 0 Å². The van der Waals surface area contributed by atoms with Crippen LogP contribution in [0.15, 0.2) is 41.2 Å². The highest BCUT2D eigenvalue weighted by Gasteiger charge is 2.26. The lowest BCUT2D eigenvalue weighted by Gasteiger charge is -2.31. The molecular formula is C17H15F2N5O2.